The van der Waals surface area contributed by atoms with Crippen molar-refractivity contribution < 1.29 is 4.79 Å². The smallest absolute Gasteiger partial charge is 0.167 e. The van der Waals surface area contributed by atoms with Crippen molar-refractivity contribution >= 4 is 16.6 Å². The van der Waals surface area contributed by atoms with Crippen LogP contribution in [0.1, 0.15) is 47.7 Å². The number of ketones is 1. The molecule has 0 radical (unpaired) electrons. The van der Waals surface area contributed by atoms with Crippen molar-refractivity contribution in [3.05, 3.63) is 83.4 Å². The lowest BCUT2D eigenvalue weighted by molar-refractivity contribution is 0.0993. The summed E-state index contributed by atoms with van der Waals surface area (Å²) < 4.78 is 0. The number of Topliss-reactive ketones (excluding diaryl/α,β-unsaturated/α-hetero) is 1. The molecular weight excluding hydrogens is 280 g/mol. The summed E-state index contributed by atoms with van der Waals surface area (Å²) in [4.78, 5) is 12.6. The summed E-state index contributed by atoms with van der Waals surface area (Å²) in [6.07, 6.45) is 1.57. The summed E-state index contributed by atoms with van der Waals surface area (Å²) in [5, 5.41) is 2.29. The Balaban J connectivity index is 1.83. The zero-order valence-electron chi connectivity index (χ0n) is 13.8. The van der Waals surface area contributed by atoms with Crippen LogP contribution in [-0.2, 0) is 6.42 Å². The zero-order chi connectivity index (χ0) is 16.2. The van der Waals surface area contributed by atoms with Gasteiger partial charge in [0.05, 0.1) is 0 Å². The SMILES string of the molecule is CCC(C)c1cccc(CC(=O)c2ccc3ccccc3c2)c1. The first-order valence-corrected chi connectivity index (χ1v) is 8.28. The highest BCUT2D eigenvalue weighted by atomic mass is 16.1. The Hall–Kier alpha value is -2.41. The molecule has 0 saturated heterocycles. The Labute approximate surface area is 138 Å². The van der Waals surface area contributed by atoms with Gasteiger partial charge in [-0.2, -0.15) is 0 Å². The van der Waals surface area contributed by atoms with Crippen LogP contribution in [0.2, 0.25) is 0 Å². The number of benzene rings is 3. The minimum Gasteiger partial charge on any atom is -0.294 e. The summed E-state index contributed by atoms with van der Waals surface area (Å²) in [6, 6.07) is 22.5. The summed E-state index contributed by atoms with van der Waals surface area (Å²) in [6.45, 7) is 4.42. The molecule has 23 heavy (non-hydrogen) atoms. The van der Waals surface area contributed by atoms with Crippen molar-refractivity contribution in [1.82, 2.24) is 0 Å². The number of hydrogen-bond acceptors (Lipinski definition) is 1. The van der Waals surface area contributed by atoms with Gasteiger partial charge < -0.3 is 0 Å². The van der Waals surface area contributed by atoms with E-state index in [1.807, 2.05) is 36.4 Å². The van der Waals surface area contributed by atoms with Crippen molar-refractivity contribution in [1.29, 1.82) is 0 Å². The fraction of sp³-hybridized carbons (Fsp3) is 0.227. The molecule has 0 fully saturated rings. The Kier molecular flexibility index (Phi) is 4.57. The topological polar surface area (TPSA) is 17.1 Å². The fourth-order valence-electron chi connectivity index (χ4n) is 2.90. The lowest BCUT2D eigenvalue weighted by Crippen LogP contribution is -2.04. The number of carbonyl (C=O) groups excluding carboxylic acids is 1. The van der Waals surface area contributed by atoms with Gasteiger partial charge in [0.2, 0.25) is 0 Å². The molecule has 116 valence electrons. The first-order valence-electron chi connectivity index (χ1n) is 8.28. The maximum Gasteiger partial charge on any atom is 0.167 e. The van der Waals surface area contributed by atoms with Crippen molar-refractivity contribution in [2.45, 2.75) is 32.6 Å². The maximum absolute atomic E-state index is 12.6. The Morgan fingerprint density at radius 3 is 2.48 bits per heavy atom. The van der Waals surface area contributed by atoms with E-state index in [9.17, 15) is 4.79 Å². The van der Waals surface area contributed by atoms with Crippen LogP contribution < -0.4 is 0 Å². The molecule has 3 aromatic rings. The molecule has 1 unspecified atom stereocenters. The van der Waals surface area contributed by atoms with Crippen LogP contribution >= 0.6 is 0 Å². The van der Waals surface area contributed by atoms with Crippen LogP contribution in [0, 0.1) is 0 Å². The van der Waals surface area contributed by atoms with E-state index < -0.39 is 0 Å². The number of rotatable bonds is 5. The Morgan fingerprint density at radius 1 is 0.913 bits per heavy atom. The molecule has 0 bridgehead atoms. The molecule has 0 aromatic heterocycles. The van der Waals surface area contributed by atoms with Gasteiger partial charge in [0.15, 0.2) is 5.78 Å². The monoisotopic (exact) mass is 302 g/mol. The van der Waals surface area contributed by atoms with E-state index in [1.165, 1.54) is 10.9 Å². The number of carbonyl (C=O) groups is 1. The second-order valence-electron chi connectivity index (χ2n) is 6.22. The van der Waals surface area contributed by atoms with E-state index in [0.717, 1.165) is 22.9 Å². The second kappa shape index (κ2) is 6.78. The fourth-order valence-corrected chi connectivity index (χ4v) is 2.90. The molecule has 0 spiro atoms. The first-order chi connectivity index (χ1) is 11.2. The van der Waals surface area contributed by atoms with E-state index in [-0.39, 0.29) is 5.78 Å². The van der Waals surface area contributed by atoms with Gasteiger partial charge in [0, 0.05) is 12.0 Å². The summed E-state index contributed by atoms with van der Waals surface area (Å²) in [5.74, 6) is 0.711. The minimum absolute atomic E-state index is 0.178. The summed E-state index contributed by atoms with van der Waals surface area (Å²) in [7, 11) is 0. The highest BCUT2D eigenvalue weighted by Crippen LogP contribution is 2.21. The molecule has 0 aliphatic heterocycles. The van der Waals surface area contributed by atoms with Gasteiger partial charge in [-0.25, -0.2) is 0 Å². The molecule has 0 saturated carbocycles. The van der Waals surface area contributed by atoms with E-state index >= 15 is 0 Å². The molecule has 1 atom stereocenters. The van der Waals surface area contributed by atoms with Crippen LogP contribution in [0.4, 0.5) is 0 Å². The lowest BCUT2D eigenvalue weighted by atomic mass is 9.94. The van der Waals surface area contributed by atoms with Gasteiger partial charge >= 0.3 is 0 Å². The number of fused-ring (bicyclic) bond motifs is 1. The zero-order valence-corrected chi connectivity index (χ0v) is 13.8. The predicted molar refractivity (Wildman–Crippen MR) is 97.1 cm³/mol. The van der Waals surface area contributed by atoms with Gasteiger partial charge in [-0.1, -0.05) is 74.5 Å². The van der Waals surface area contributed by atoms with E-state index in [1.54, 1.807) is 0 Å². The Morgan fingerprint density at radius 2 is 1.70 bits per heavy atom. The minimum atomic E-state index is 0.178. The molecule has 0 N–H and O–H groups in total. The van der Waals surface area contributed by atoms with Crippen LogP contribution in [-0.4, -0.2) is 5.78 Å². The van der Waals surface area contributed by atoms with E-state index in [2.05, 4.69) is 44.2 Å². The maximum atomic E-state index is 12.6. The summed E-state index contributed by atoms with van der Waals surface area (Å²) >= 11 is 0. The van der Waals surface area contributed by atoms with Crippen molar-refractivity contribution in [3.8, 4) is 0 Å². The molecular formula is C22H22O. The lowest BCUT2D eigenvalue weighted by Gasteiger charge is -2.10. The van der Waals surface area contributed by atoms with Crippen molar-refractivity contribution in [2.24, 2.45) is 0 Å². The average Bonchev–Trinajstić information content (AvgIpc) is 2.60. The van der Waals surface area contributed by atoms with Gasteiger partial charge in [-0.3, -0.25) is 4.79 Å². The predicted octanol–water partition coefficient (Wildman–Crippen LogP) is 5.78. The van der Waals surface area contributed by atoms with Crippen LogP contribution in [0.3, 0.4) is 0 Å². The van der Waals surface area contributed by atoms with Crippen molar-refractivity contribution in [3.63, 3.8) is 0 Å². The largest absolute Gasteiger partial charge is 0.294 e. The molecule has 0 amide bonds. The molecule has 1 heteroatoms. The van der Waals surface area contributed by atoms with Gasteiger partial charge in [-0.05, 0) is 40.3 Å². The van der Waals surface area contributed by atoms with E-state index in [0.29, 0.717) is 12.3 Å². The molecule has 0 aliphatic rings. The third-order valence-electron chi connectivity index (χ3n) is 4.57. The third-order valence-corrected chi connectivity index (χ3v) is 4.57. The average molecular weight is 302 g/mol. The number of hydrogen-bond donors (Lipinski definition) is 0. The van der Waals surface area contributed by atoms with Gasteiger partial charge in [0.25, 0.3) is 0 Å². The molecule has 1 nitrogen and oxygen atoms in total. The quantitative estimate of drug-likeness (QED) is 0.546. The van der Waals surface area contributed by atoms with Crippen molar-refractivity contribution in [2.75, 3.05) is 0 Å². The third kappa shape index (κ3) is 3.50. The van der Waals surface area contributed by atoms with E-state index in [4.69, 9.17) is 0 Å². The molecule has 0 heterocycles. The second-order valence-corrected chi connectivity index (χ2v) is 6.22. The van der Waals surface area contributed by atoms with Gasteiger partial charge in [0.1, 0.15) is 0 Å². The van der Waals surface area contributed by atoms with Crippen LogP contribution in [0.15, 0.2) is 66.7 Å². The van der Waals surface area contributed by atoms with Crippen LogP contribution in [0.5, 0.6) is 0 Å². The van der Waals surface area contributed by atoms with Gasteiger partial charge in [-0.15, -0.1) is 0 Å². The van der Waals surface area contributed by atoms with Crippen LogP contribution in [0.25, 0.3) is 10.8 Å². The highest BCUT2D eigenvalue weighted by Gasteiger charge is 2.10. The molecule has 3 aromatic carbocycles. The highest BCUT2D eigenvalue weighted by molar-refractivity contribution is 6.01. The normalized spacial score (nSPS) is 12.3. The summed E-state index contributed by atoms with van der Waals surface area (Å²) in [5.41, 5.74) is 3.20. The first kappa shape index (κ1) is 15.5. The standard InChI is InChI=1S/C22H22O/c1-3-16(2)19-10-6-7-17(13-19)14-22(23)21-12-11-18-8-4-5-9-20(18)15-21/h4-13,15-16H,3,14H2,1-2H3. The molecule has 3 rings (SSSR count). The molecule has 0 aliphatic carbocycles. The Bertz CT molecular complexity index is 832.